The highest BCUT2D eigenvalue weighted by Crippen LogP contribution is 2.16. The zero-order valence-electron chi connectivity index (χ0n) is 11.6. The lowest BCUT2D eigenvalue weighted by molar-refractivity contribution is 0.250. The van der Waals surface area contributed by atoms with Crippen LogP contribution in [-0.4, -0.2) is 23.8 Å². The van der Waals surface area contributed by atoms with Crippen molar-refractivity contribution in [2.45, 2.75) is 33.2 Å². The Bertz CT molecular complexity index is 499. The van der Waals surface area contributed by atoms with E-state index >= 15 is 0 Å². The van der Waals surface area contributed by atoms with Crippen LogP contribution in [0.3, 0.4) is 0 Å². The molecule has 0 fully saturated rings. The summed E-state index contributed by atoms with van der Waals surface area (Å²) >= 11 is 0. The SMILES string of the molecule is Cc1ccc(C#CCCO)cc1NC(=O)NC(C)C. The summed E-state index contributed by atoms with van der Waals surface area (Å²) in [4.78, 5) is 11.7. The Morgan fingerprint density at radius 2 is 2.16 bits per heavy atom. The molecule has 102 valence electrons. The highest BCUT2D eigenvalue weighted by molar-refractivity contribution is 5.90. The number of anilines is 1. The van der Waals surface area contributed by atoms with E-state index in [-0.39, 0.29) is 18.7 Å². The van der Waals surface area contributed by atoms with Crippen molar-refractivity contribution in [1.82, 2.24) is 5.32 Å². The highest BCUT2D eigenvalue weighted by Gasteiger charge is 2.05. The molecule has 4 heteroatoms. The number of urea groups is 1. The predicted molar refractivity (Wildman–Crippen MR) is 77.1 cm³/mol. The minimum absolute atomic E-state index is 0.0563. The second-order valence-corrected chi connectivity index (χ2v) is 4.56. The Balaban J connectivity index is 2.80. The first-order valence-corrected chi connectivity index (χ1v) is 6.31. The van der Waals surface area contributed by atoms with Crippen LogP contribution in [0.5, 0.6) is 0 Å². The van der Waals surface area contributed by atoms with Gasteiger partial charge in [0.15, 0.2) is 0 Å². The normalized spacial score (nSPS) is 9.74. The fourth-order valence-electron chi connectivity index (χ4n) is 1.48. The third-order valence-electron chi connectivity index (χ3n) is 2.38. The third-order valence-corrected chi connectivity index (χ3v) is 2.38. The second-order valence-electron chi connectivity index (χ2n) is 4.56. The van der Waals surface area contributed by atoms with Crippen molar-refractivity contribution in [3.8, 4) is 11.8 Å². The Morgan fingerprint density at radius 1 is 1.42 bits per heavy atom. The molecule has 4 nitrogen and oxygen atoms in total. The number of hydrogen-bond acceptors (Lipinski definition) is 2. The first kappa shape index (κ1) is 15.1. The molecular formula is C15H20N2O2. The van der Waals surface area contributed by atoms with E-state index in [2.05, 4.69) is 22.5 Å². The van der Waals surface area contributed by atoms with Gasteiger partial charge in [0, 0.05) is 23.7 Å². The highest BCUT2D eigenvalue weighted by atomic mass is 16.2. The number of aliphatic hydroxyl groups excluding tert-OH is 1. The van der Waals surface area contributed by atoms with Crippen LogP contribution in [-0.2, 0) is 0 Å². The lowest BCUT2D eigenvalue weighted by Crippen LogP contribution is -2.34. The van der Waals surface area contributed by atoms with E-state index in [0.29, 0.717) is 6.42 Å². The van der Waals surface area contributed by atoms with Crippen molar-refractivity contribution in [2.24, 2.45) is 0 Å². The van der Waals surface area contributed by atoms with Crippen LogP contribution in [0, 0.1) is 18.8 Å². The van der Waals surface area contributed by atoms with E-state index in [0.717, 1.165) is 16.8 Å². The fraction of sp³-hybridized carbons (Fsp3) is 0.400. The molecule has 19 heavy (non-hydrogen) atoms. The van der Waals surface area contributed by atoms with E-state index in [1.807, 2.05) is 39.0 Å². The number of nitrogens with one attached hydrogen (secondary N) is 2. The molecule has 0 saturated carbocycles. The summed E-state index contributed by atoms with van der Waals surface area (Å²) in [6, 6.07) is 5.50. The number of amides is 2. The van der Waals surface area contributed by atoms with Crippen molar-refractivity contribution in [2.75, 3.05) is 11.9 Å². The van der Waals surface area contributed by atoms with Gasteiger partial charge in [0.1, 0.15) is 0 Å². The monoisotopic (exact) mass is 260 g/mol. The topological polar surface area (TPSA) is 61.4 Å². The van der Waals surface area contributed by atoms with Crippen LogP contribution < -0.4 is 10.6 Å². The average Bonchev–Trinajstić information content (AvgIpc) is 2.32. The molecule has 0 aliphatic carbocycles. The fourth-order valence-corrected chi connectivity index (χ4v) is 1.48. The van der Waals surface area contributed by atoms with Gasteiger partial charge < -0.3 is 15.7 Å². The van der Waals surface area contributed by atoms with Gasteiger partial charge in [-0.2, -0.15) is 0 Å². The lowest BCUT2D eigenvalue weighted by atomic mass is 10.1. The van der Waals surface area contributed by atoms with Crippen LogP contribution in [0.1, 0.15) is 31.4 Å². The van der Waals surface area contributed by atoms with E-state index in [9.17, 15) is 4.79 Å². The zero-order chi connectivity index (χ0) is 14.3. The molecular weight excluding hydrogens is 240 g/mol. The summed E-state index contributed by atoms with van der Waals surface area (Å²) in [5, 5.41) is 14.3. The minimum Gasteiger partial charge on any atom is -0.395 e. The zero-order valence-corrected chi connectivity index (χ0v) is 11.6. The van der Waals surface area contributed by atoms with E-state index in [4.69, 9.17) is 5.11 Å². The Labute approximate surface area is 114 Å². The van der Waals surface area contributed by atoms with Gasteiger partial charge in [-0.05, 0) is 38.5 Å². The summed E-state index contributed by atoms with van der Waals surface area (Å²) in [5.41, 5.74) is 2.54. The van der Waals surface area contributed by atoms with Crippen LogP contribution in [0.25, 0.3) is 0 Å². The van der Waals surface area contributed by atoms with E-state index in [1.54, 1.807) is 0 Å². The molecule has 1 aromatic carbocycles. The Kier molecular flexibility index (Phi) is 5.91. The van der Waals surface area contributed by atoms with Gasteiger partial charge in [-0.15, -0.1) is 0 Å². The largest absolute Gasteiger partial charge is 0.395 e. The summed E-state index contributed by atoms with van der Waals surface area (Å²) < 4.78 is 0. The van der Waals surface area contributed by atoms with Gasteiger partial charge in [-0.25, -0.2) is 4.79 Å². The molecule has 0 saturated heterocycles. The third kappa shape index (κ3) is 5.45. The maximum absolute atomic E-state index is 11.7. The Morgan fingerprint density at radius 3 is 2.79 bits per heavy atom. The van der Waals surface area contributed by atoms with E-state index in [1.165, 1.54) is 0 Å². The molecule has 0 radical (unpaired) electrons. The van der Waals surface area contributed by atoms with Gasteiger partial charge in [0.25, 0.3) is 0 Å². The number of hydrogen-bond donors (Lipinski definition) is 3. The molecule has 0 unspecified atom stereocenters. The van der Waals surface area contributed by atoms with Crippen LogP contribution in [0.2, 0.25) is 0 Å². The number of carbonyl (C=O) groups excluding carboxylic acids is 1. The van der Waals surface area contributed by atoms with E-state index < -0.39 is 0 Å². The maximum atomic E-state index is 11.7. The van der Waals surface area contributed by atoms with Crippen molar-refractivity contribution < 1.29 is 9.90 Å². The van der Waals surface area contributed by atoms with Gasteiger partial charge in [-0.3, -0.25) is 0 Å². The van der Waals surface area contributed by atoms with Crippen LogP contribution in [0.4, 0.5) is 10.5 Å². The van der Waals surface area contributed by atoms with Crippen molar-refractivity contribution in [1.29, 1.82) is 0 Å². The predicted octanol–water partition coefficient (Wildman–Crippen LogP) is 2.26. The molecule has 0 heterocycles. The molecule has 0 aromatic heterocycles. The van der Waals surface area contributed by atoms with Gasteiger partial charge >= 0.3 is 6.03 Å². The maximum Gasteiger partial charge on any atom is 0.319 e. The van der Waals surface area contributed by atoms with Gasteiger partial charge in [-0.1, -0.05) is 17.9 Å². The number of carbonyl (C=O) groups is 1. The molecule has 1 rings (SSSR count). The smallest absolute Gasteiger partial charge is 0.319 e. The first-order valence-electron chi connectivity index (χ1n) is 6.31. The van der Waals surface area contributed by atoms with Crippen LogP contribution in [0.15, 0.2) is 18.2 Å². The second kappa shape index (κ2) is 7.45. The molecule has 0 aliphatic heterocycles. The summed E-state index contributed by atoms with van der Waals surface area (Å²) in [7, 11) is 0. The molecule has 0 atom stereocenters. The number of aliphatic hydroxyl groups is 1. The molecule has 3 N–H and O–H groups in total. The summed E-state index contributed by atoms with van der Waals surface area (Å²) in [5.74, 6) is 5.80. The number of aryl methyl sites for hydroxylation is 1. The summed E-state index contributed by atoms with van der Waals surface area (Å²) in [6.45, 7) is 5.79. The molecule has 1 aromatic rings. The molecule has 2 amide bonds. The van der Waals surface area contributed by atoms with Gasteiger partial charge in [0.2, 0.25) is 0 Å². The number of rotatable bonds is 3. The molecule has 0 bridgehead atoms. The average molecular weight is 260 g/mol. The summed E-state index contributed by atoms with van der Waals surface area (Å²) in [6.07, 6.45) is 0.449. The van der Waals surface area contributed by atoms with Gasteiger partial charge in [0.05, 0.1) is 6.61 Å². The standard InChI is InChI=1S/C15H20N2O2/c1-11(2)16-15(19)17-14-10-13(6-4-5-9-18)8-7-12(14)3/h7-8,10-11,18H,5,9H2,1-3H3,(H2,16,17,19). The lowest BCUT2D eigenvalue weighted by Gasteiger charge is -2.12. The molecule has 0 aliphatic rings. The van der Waals surface area contributed by atoms with Crippen molar-refractivity contribution >= 4 is 11.7 Å². The van der Waals surface area contributed by atoms with Crippen molar-refractivity contribution in [3.63, 3.8) is 0 Å². The quantitative estimate of drug-likeness (QED) is 0.730. The van der Waals surface area contributed by atoms with Crippen molar-refractivity contribution in [3.05, 3.63) is 29.3 Å². The Hall–Kier alpha value is -1.99. The minimum atomic E-state index is -0.224. The number of benzene rings is 1. The van der Waals surface area contributed by atoms with Crippen LogP contribution >= 0.6 is 0 Å². The molecule has 0 spiro atoms. The first-order chi connectivity index (χ1) is 9.02.